The van der Waals surface area contributed by atoms with Gasteiger partial charge in [0.15, 0.2) is 0 Å². The lowest BCUT2D eigenvalue weighted by Crippen LogP contribution is -2.01. The standard InChI is InChI=1S/C14H13BrINO/c1-18-14-5-3-2-4-10(14)9-17-11-6-7-13(16)12(15)8-11/h2-8,17H,9H2,1H3. The van der Waals surface area contributed by atoms with Crippen molar-refractivity contribution in [2.75, 3.05) is 12.4 Å². The molecule has 2 rings (SSSR count). The second-order valence-electron chi connectivity index (χ2n) is 3.79. The molecule has 0 heterocycles. The average Bonchev–Trinajstić information content (AvgIpc) is 2.40. The number of hydrogen-bond acceptors (Lipinski definition) is 2. The van der Waals surface area contributed by atoms with E-state index in [1.807, 2.05) is 18.2 Å². The Kier molecular flexibility index (Phi) is 4.88. The van der Waals surface area contributed by atoms with E-state index in [9.17, 15) is 0 Å². The number of nitrogens with one attached hydrogen (secondary N) is 1. The average molecular weight is 418 g/mol. The van der Waals surface area contributed by atoms with Crippen molar-refractivity contribution in [2.24, 2.45) is 0 Å². The SMILES string of the molecule is COc1ccccc1CNc1ccc(I)c(Br)c1. The molecule has 4 heteroatoms. The number of hydrogen-bond donors (Lipinski definition) is 1. The van der Waals surface area contributed by atoms with E-state index in [4.69, 9.17) is 4.74 Å². The maximum atomic E-state index is 5.33. The summed E-state index contributed by atoms with van der Waals surface area (Å²) in [6.45, 7) is 0.747. The zero-order valence-electron chi connectivity index (χ0n) is 9.91. The van der Waals surface area contributed by atoms with Crippen LogP contribution in [0.4, 0.5) is 5.69 Å². The molecule has 0 spiro atoms. The second kappa shape index (κ2) is 6.43. The van der Waals surface area contributed by atoms with E-state index in [0.717, 1.165) is 28.0 Å². The minimum atomic E-state index is 0.747. The zero-order chi connectivity index (χ0) is 13.0. The Morgan fingerprint density at radius 2 is 2.00 bits per heavy atom. The highest BCUT2D eigenvalue weighted by atomic mass is 127. The van der Waals surface area contributed by atoms with E-state index in [0.29, 0.717) is 0 Å². The van der Waals surface area contributed by atoms with Gasteiger partial charge >= 0.3 is 0 Å². The van der Waals surface area contributed by atoms with Gasteiger partial charge in [-0.15, -0.1) is 0 Å². The maximum Gasteiger partial charge on any atom is 0.123 e. The van der Waals surface area contributed by atoms with Crippen LogP contribution in [0.3, 0.4) is 0 Å². The van der Waals surface area contributed by atoms with E-state index >= 15 is 0 Å². The first kappa shape index (κ1) is 13.7. The van der Waals surface area contributed by atoms with Crippen molar-refractivity contribution < 1.29 is 4.74 Å². The largest absolute Gasteiger partial charge is 0.496 e. The molecule has 0 radical (unpaired) electrons. The van der Waals surface area contributed by atoms with Crippen LogP contribution in [0, 0.1) is 3.57 Å². The molecule has 1 N–H and O–H groups in total. The topological polar surface area (TPSA) is 21.3 Å². The van der Waals surface area contributed by atoms with E-state index in [1.54, 1.807) is 7.11 Å². The minimum Gasteiger partial charge on any atom is -0.496 e. The molecule has 0 saturated carbocycles. The fourth-order valence-electron chi connectivity index (χ4n) is 1.65. The van der Waals surface area contributed by atoms with Crippen LogP contribution < -0.4 is 10.1 Å². The quantitative estimate of drug-likeness (QED) is 0.729. The van der Waals surface area contributed by atoms with E-state index in [2.05, 4.69) is 68.1 Å². The van der Waals surface area contributed by atoms with Crippen LogP contribution in [-0.2, 0) is 6.54 Å². The Morgan fingerprint density at radius 3 is 2.72 bits per heavy atom. The molecule has 0 fully saturated rings. The summed E-state index contributed by atoms with van der Waals surface area (Å²) < 4.78 is 7.63. The summed E-state index contributed by atoms with van der Waals surface area (Å²) in [5, 5.41) is 3.39. The van der Waals surface area contributed by atoms with Crippen molar-refractivity contribution in [1.29, 1.82) is 0 Å². The molecule has 18 heavy (non-hydrogen) atoms. The third kappa shape index (κ3) is 3.38. The molecule has 2 nitrogen and oxygen atoms in total. The first-order valence-corrected chi connectivity index (χ1v) is 7.38. The Labute approximate surface area is 129 Å². The van der Waals surface area contributed by atoms with Crippen molar-refractivity contribution in [1.82, 2.24) is 0 Å². The number of para-hydroxylation sites is 1. The fourth-order valence-corrected chi connectivity index (χ4v) is 2.37. The molecule has 0 aliphatic rings. The van der Waals surface area contributed by atoms with Crippen LogP contribution >= 0.6 is 38.5 Å². The van der Waals surface area contributed by atoms with Crippen LogP contribution in [0.5, 0.6) is 5.75 Å². The molecule has 2 aromatic carbocycles. The highest BCUT2D eigenvalue weighted by Gasteiger charge is 2.02. The van der Waals surface area contributed by atoms with Crippen LogP contribution in [0.1, 0.15) is 5.56 Å². The Bertz CT molecular complexity index is 545. The molecule has 0 saturated heterocycles. The van der Waals surface area contributed by atoms with E-state index in [1.165, 1.54) is 3.57 Å². The number of anilines is 1. The molecule has 0 aliphatic carbocycles. The lowest BCUT2D eigenvalue weighted by atomic mass is 10.2. The summed E-state index contributed by atoms with van der Waals surface area (Å²) >= 11 is 5.83. The molecular formula is C14H13BrINO. The normalized spacial score (nSPS) is 10.2. The number of ether oxygens (including phenoxy) is 1. The van der Waals surface area contributed by atoms with Gasteiger partial charge in [0.1, 0.15) is 5.75 Å². The van der Waals surface area contributed by atoms with Gasteiger partial charge in [-0.3, -0.25) is 0 Å². The van der Waals surface area contributed by atoms with Crippen molar-refractivity contribution in [2.45, 2.75) is 6.54 Å². The second-order valence-corrected chi connectivity index (χ2v) is 5.81. The zero-order valence-corrected chi connectivity index (χ0v) is 13.7. The molecule has 0 atom stereocenters. The van der Waals surface area contributed by atoms with Crippen molar-refractivity contribution >= 4 is 44.2 Å². The molecule has 2 aromatic rings. The molecule has 0 aromatic heterocycles. The first-order chi connectivity index (χ1) is 8.70. The summed E-state index contributed by atoms with van der Waals surface area (Å²) in [5.41, 5.74) is 2.24. The van der Waals surface area contributed by atoms with Gasteiger partial charge in [0.25, 0.3) is 0 Å². The maximum absolute atomic E-state index is 5.33. The van der Waals surface area contributed by atoms with Gasteiger partial charge in [0.05, 0.1) is 7.11 Å². The first-order valence-electron chi connectivity index (χ1n) is 5.51. The smallest absolute Gasteiger partial charge is 0.123 e. The predicted octanol–water partition coefficient (Wildman–Crippen LogP) is 4.67. The number of methoxy groups -OCH3 is 1. The van der Waals surface area contributed by atoms with Gasteiger partial charge in [-0.2, -0.15) is 0 Å². The van der Waals surface area contributed by atoms with E-state index in [-0.39, 0.29) is 0 Å². The van der Waals surface area contributed by atoms with E-state index < -0.39 is 0 Å². The number of halogens is 2. The van der Waals surface area contributed by atoms with Crippen LogP contribution in [-0.4, -0.2) is 7.11 Å². The third-order valence-corrected chi connectivity index (χ3v) is 4.93. The van der Waals surface area contributed by atoms with Gasteiger partial charge in [0.2, 0.25) is 0 Å². The summed E-state index contributed by atoms with van der Waals surface area (Å²) in [4.78, 5) is 0. The lowest BCUT2D eigenvalue weighted by Gasteiger charge is -2.11. The molecule has 0 unspecified atom stereocenters. The van der Waals surface area contributed by atoms with Crippen LogP contribution in [0.15, 0.2) is 46.9 Å². The minimum absolute atomic E-state index is 0.747. The van der Waals surface area contributed by atoms with Crippen LogP contribution in [0.25, 0.3) is 0 Å². The molecule has 0 amide bonds. The van der Waals surface area contributed by atoms with Gasteiger partial charge in [-0.25, -0.2) is 0 Å². The molecule has 94 valence electrons. The summed E-state index contributed by atoms with van der Waals surface area (Å²) in [7, 11) is 1.69. The Balaban J connectivity index is 2.09. The summed E-state index contributed by atoms with van der Waals surface area (Å²) in [6.07, 6.45) is 0. The highest BCUT2D eigenvalue weighted by Crippen LogP contribution is 2.24. The Hall–Kier alpha value is -0.750. The summed E-state index contributed by atoms with van der Waals surface area (Å²) in [5.74, 6) is 0.912. The monoisotopic (exact) mass is 417 g/mol. The predicted molar refractivity (Wildman–Crippen MR) is 87.2 cm³/mol. The third-order valence-electron chi connectivity index (χ3n) is 2.60. The Morgan fingerprint density at radius 1 is 1.22 bits per heavy atom. The summed E-state index contributed by atoms with van der Waals surface area (Å²) in [6, 6.07) is 14.3. The van der Waals surface area contributed by atoms with Crippen molar-refractivity contribution in [3.63, 3.8) is 0 Å². The van der Waals surface area contributed by atoms with Gasteiger partial charge in [-0.1, -0.05) is 18.2 Å². The highest BCUT2D eigenvalue weighted by molar-refractivity contribution is 14.1. The van der Waals surface area contributed by atoms with Gasteiger partial charge in [-0.05, 0) is 62.8 Å². The molecule has 0 bridgehead atoms. The lowest BCUT2D eigenvalue weighted by molar-refractivity contribution is 0.410. The fraction of sp³-hybridized carbons (Fsp3) is 0.143. The number of rotatable bonds is 4. The van der Waals surface area contributed by atoms with Crippen molar-refractivity contribution in [3.8, 4) is 5.75 Å². The van der Waals surface area contributed by atoms with Gasteiger partial charge in [0, 0.05) is 25.8 Å². The molecular weight excluding hydrogens is 405 g/mol. The van der Waals surface area contributed by atoms with Gasteiger partial charge < -0.3 is 10.1 Å². The van der Waals surface area contributed by atoms with Crippen LogP contribution in [0.2, 0.25) is 0 Å². The number of benzene rings is 2. The van der Waals surface area contributed by atoms with Crippen molar-refractivity contribution in [3.05, 3.63) is 56.1 Å². The molecule has 0 aliphatic heterocycles.